The van der Waals surface area contributed by atoms with E-state index < -0.39 is 5.56 Å². The number of carbonyl (C=O) groups is 1. The molecule has 154 valence electrons. The fraction of sp³-hybridized carbons (Fsp3) is 0.0909. The highest BCUT2D eigenvalue weighted by atomic mass is 79.9. The third kappa shape index (κ3) is 4.92. The number of ether oxygens (including phenoxy) is 1. The van der Waals surface area contributed by atoms with E-state index in [9.17, 15) is 20.1 Å². The fourth-order valence-electron chi connectivity index (χ4n) is 2.93. The van der Waals surface area contributed by atoms with Crippen LogP contribution in [0.15, 0.2) is 57.8 Å². The average molecular weight is 478 g/mol. The number of nitrogen functional groups attached to an aromatic ring is 1. The number of aromatic amines is 1. The van der Waals surface area contributed by atoms with E-state index in [1.54, 1.807) is 18.2 Å². The number of nitrogens with zero attached hydrogens (tertiary/aromatic N) is 2. The quantitative estimate of drug-likeness (QED) is 0.497. The van der Waals surface area contributed by atoms with Gasteiger partial charge in [-0.15, -0.1) is 0 Å². The van der Waals surface area contributed by atoms with Gasteiger partial charge in [-0.1, -0.05) is 46.3 Å². The number of amides is 1. The number of rotatable bonds is 6. The van der Waals surface area contributed by atoms with Crippen molar-refractivity contribution in [2.75, 3.05) is 12.3 Å². The van der Waals surface area contributed by atoms with Gasteiger partial charge in [0.1, 0.15) is 34.8 Å². The van der Waals surface area contributed by atoms with Crippen molar-refractivity contribution in [2.45, 2.75) is 6.54 Å². The van der Waals surface area contributed by atoms with E-state index in [1.807, 2.05) is 42.5 Å². The molecule has 1 aromatic heterocycles. The summed E-state index contributed by atoms with van der Waals surface area (Å²) in [7, 11) is 0. The zero-order valence-electron chi connectivity index (χ0n) is 16.1. The lowest BCUT2D eigenvalue weighted by molar-refractivity contribution is -0.123. The molecule has 8 nitrogen and oxygen atoms in total. The van der Waals surface area contributed by atoms with Gasteiger partial charge in [-0.25, -0.2) is 0 Å². The van der Waals surface area contributed by atoms with E-state index in [2.05, 4.69) is 26.2 Å². The summed E-state index contributed by atoms with van der Waals surface area (Å²) in [6.45, 7) is 0.0435. The normalized spacial score (nSPS) is 10.0. The van der Waals surface area contributed by atoms with Crippen molar-refractivity contribution in [3.63, 3.8) is 0 Å². The first-order valence-corrected chi connectivity index (χ1v) is 9.83. The predicted molar refractivity (Wildman–Crippen MR) is 118 cm³/mol. The van der Waals surface area contributed by atoms with E-state index >= 15 is 0 Å². The summed E-state index contributed by atoms with van der Waals surface area (Å²) in [5.41, 5.74) is 6.01. The van der Waals surface area contributed by atoms with Crippen LogP contribution in [0.25, 0.3) is 11.1 Å². The van der Waals surface area contributed by atoms with Crippen LogP contribution in [0.1, 0.15) is 16.7 Å². The van der Waals surface area contributed by atoms with Crippen molar-refractivity contribution < 1.29 is 9.53 Å². The van der Waals surface area contributed by atoms with E-state index in [1.165, 1.54) is 0 Å². The van der Waals surface area contributed by atoms with Gasteiger partial charge in [0.15, 0.2) is 6.61 Å². The lowest BCUT2D eigenvalue weighted by atomic mass is 9.96. The van der Waals surface area contributed by atoms with Crippen molar-refractivity contribution in [2.24, 2.45) is 0 Å². The van der Waals surface area contributed by atoms with Crippen LogP contribution in [0.5, 0.6) is 5.75 Å². The molecule has 3 rings (SSSR count). The number of carbonyl (C=O) groups excluding carboxylic acids is 1. The Morgan fingerprint density at radius 2 is 1.84 bits per heavy atom. The first kappa shape index (κ1) is 21.6. The van der Waals surface area contributed by atoms with Gasteiger partial charge in [0.25, 0.3) is 11.5 Å². The van der Waals surface area contributed by atoms with E-state index in [0.717, 1.165) is 5.56 Å². The molecule has 0 spiro atoms. The monoisotopic (exact) mass is 477 g/mol. The summed E-state index contributed by atoms with van der Waals surface area (Å²) in [6, 6.07) is 18.0. The molecular weight excluding hydrogens is 462 g/mol. The lowest BCUT2D eigenvalue weighted by Gasteiger charge is -2.15. The van der Waals surface area contributed by atoms with Crippen LogP contribution in [-0.4, -0.2) is 17.5 Å². The molecule has 0 saturated carbocycles. The minimum Gasteiger partial charge on any atom is -0.483 e. The molecule has 0 aliphatic heterocycles. The Kier molecular flexibility index (Phi) is 6.71. The summed E-state index contributed by atoms with van der Waals surface area (Å²) < 4.78 is 6.29. The smallest absolute Gasteiger partial charge is 0.268 e. The summed E-state index contributed by atoms with van der Waals surface area (Å²) in [5.74, 6) is -0.298. The van der Waals surface area contributed by atoms with Gasteiger partial charge in [-0.3, -0.25) is 9.59 Å². The predicted octanol–water partition coefficient (Wildman–Crippen LogP) is 2.83. The van der Waals surface area contributed by atoms with Gasteiger partial charge < -0.3 is 20.8 Å². The number of hydrogen-bond acceptors (Lipinski definition) is 6. The van der Waals surface area contributed by atoms with Crippen LogP contribution in [0.4, 0.5) is 5.82 Å². The number of nitriles is 2. The number of nitrogens with one attached hydrogen (secondary N) is 2. The molecule has 0 bridgehead atoms. The second kappa shape index (κ2) is 9.61. The second-order valence-electron chi connectivity index (χ2n) is 6.41. The molecule has 9 heteroatoms. The zero-order chi connectivity index (χ0) is 22.4. The topological polar surface area (TPSA) is 145 Å². The van der Waals surface area contributed by atoms with Gasteiger partial charge in [0.2, 0.25) is 0 Å². The maximum Gasteiger partial charge on any atom is 0.268 e. The highest BCUT2D eigenvalue weighted by molar-refractivity contribution is 9.10. The third-order valence-electron chi connectivity index (χ3n) is 4.37. The van der Waals surface area contributed by atoms with Crippen molar-refractivity contribution >= 4 is 27.7 Å². The summed E-state index contributed by atoms with van der Waals surface area (Å²) in [5, 5.41) is 21.8. The van der Waals surface area contributed by atoms with Crippen LogP contribution in [0, 0.1) is 22.7 Å². The molecule has 0 atom stereocenters. The number of anilines is 1. The Labute approximate surface area is 186 Å². The highest BCUT2D eigenvalue weighted by Crippen LogP contribution is 2.37. The van der Waals surface area contributed by atoms with Gasteiger partial charge in [0.05, 0.1) is 0 Å². The Hall–Kier alpha value is -4.08. The number of aromatic nitrogens is 1. The Morgan fingerprint density at radius 3 is 2.52 bits per heavy atom. The van der Waals surface area contributed by atoms with Gasteiger partial charge in [-0.05, 0) is 23.8 Å². The molecule has 1 amide bonds. The summed E-state index contributed by atoms with van der Waals surface area (Å²) in [6.07, 6.45) is 0. The van der Waals surface area contributed by atoms with E-state index in [0.29, 0.717) is 11.0 Å². The maximum absolute atomic E-state index is 12.2. The minimum absolute atomic E-state index is 0.0484. The van der Waals surface area contributed by atoms with Crippen LogP contribution in [0.2, 0.25) is 0 Å². The van der Waals surface area contributed by atoms with Gasteiger partial charge in [0, 0.05) is 22.1 Å². The standard InChI is InChI=1S/C22H16BrN5O3/c23-14-6-7-18(31-12-19(29)27-11-13-4-2-1-3-5-13)15(8-14)20-16(9-24)21(26)28-22(30)17(20)10-25/h1-8H,11-12H2,(H,27,29)(H3,26,28,30). The summed E-state index contributed by atoms with van der Waals surface area (Å²) >= 11 is 3.34. The molecule has 0 aliphatic rings. The van der Waals surface area contributed by atoms with Crippen LogP contribution >= 0.6 is 15.9 Å². The van der Waals surface area contributed by atoms with Gasteiger partial charge in [-0.2, -0.15) is 10.5 Å². The summed E-state index contributed by atoms with van der Waals surface area (Å²) in [4.78, 5) is 26.8. The molecular formula is C22H16BrN5O3. The molecule has 0 unspecified atom stereocenters. The molecule has 0 fully saturated rings. The molecule has 0 saturated heterocycles. The van der Waals surface area contributed by atoms with E-state index in [-0.39, 0.29) is 46.3 Å². The SMILES string of the molecule is N#Cc1c(N)[nH]c(=O)c(C#N)c1-c1cc(Br)ccc1OCC(=O)NCc1ccccc1. The Bertz CT molecular complexity index is 1270. The molecule has 0 radical (unpaired) electrons. The molecule has 3 aromatic rings. The van der Waals surface area contributed by atoms with Crippen LogP contribution < -0.4 is 21.3 Å². The van der Waals surface area contributed by atoms with Gasteiger partial charge >= 0.3 is 0 Å². The number of hydrogen-bond donors (Lipinski definition) is 3. The van der Waals surface area contributed by atoms with Crippen molar-refractivity contribution in [1.82, 2.24) is 10.3 Å². The third-order valence-corrected chi connectivity index (χ3v) is 4.86. The highest BCUT2D eigenvalue weighted by Gasteiger charge is 2.22. The molecule has 4 N–H and O–H groups in total. The molecule has 2 aromatic carbocycles. The largest absolute Gasteiger partial charge is 0.483 e. The van der Waals surface area contributed by atoms with Crippen LogP contribution in [0.3, 0.4) is 0 Å². The lowest BCUT2D eigenvalue weighted by Crippen LogP contribution is -2.28. The zero-order valence-corrected chi connectivity index (χ0v) is 17.7. The first-order chi connectivity index (χ1) is 14.9. The van der Waals surface area contributed by atoms with Crippen molar-refractivity contribution in [3.8, 4) is 29.0 Å². The maximum atomic E-state index is 12.2. The van der Waals surface area contributed by atoms with Crippen molar-refractivity contribution in [3.05, 3.63) is 80.0 Å². The van der Waals surface area contributed by atoms with Crippen LogP contribution in [-0.2, 0) is 11.3 Å². The number of nitrogens with two attached hydrogens (primary N) is 1. The van der Waals surface area contributed by atoms with E-state index in [4.69, 9.17) is 10.5 Å². The molecule has 0 aliphatic carbocycles. The fourth-order valence-corrected chi connectivity index (χ4v) is 3.29. The molecule has 1 heterocycles. The average Bonchev–Trinajstić information content (AvgIpc) is 2.77. The first-order valence-electron chi connectivity index (χ1n) is 9.04. The Morgan fingerprint density at radius 1 is 1.13 bits per heavy atom. The Balaban J connectivity index is 1.91. The number of H-pyrrole nitrogens is 1. The molecule has 31 heavy (non-hydrogen) atoms. The minimum atomic E-state index is -0.722. The number of pyridine rings is 1. The second-order valence-corrected chi connectivity index (χ2v) is 7.32. The van der Waals surface area contributed by atoms with Crippen molar-refractivity contribution in [1.29, 1.82) is 10.5 Å². The number of halogens is 1. The number of benzene rings is 2.